The number of imidazole rings is 1. The number of aryl methyl sites for hydroxylation is 1. The minimum Gasteiger partial charge on any atom is -0.234 e. The zero-order chi connectivity index (χ0) is 12.6. The van der Waals surface area contributed by atoms with E-state index in [2.05, 4.69) is 49.7 Å². The molecule has 0 aromatic carbocycles. The summed E-state index contributed by atoms with van der Waals surface area (Å²) in [6.45, 7) is 10.6. The van der Waals surface area contributed by atoms with Crippen LogP contribution < -0.4 is 0 Å². The molecule has 0 aliphatic heterocycles. The lowest BCUT2D eigenvalue weighted by molar-refractivity contribution is 0.706. The van der Waals surface area contributed by atoms with Gasteiger partial charge in [0.15, 0.2) is 5.65 Å². The highest BCUT2D eigenvalue weighted by Gasteiger charge is 2.15. The molecule has 0 spiro atoms. The topological polar surface area (TPSA) is 43.1 Å². The average molecular weight is 232 g/mol. The maximum absolute atomic E-state index is 4.69. The number of hydrogen-bond acceptors (Lipinski definition) is 3. The van der Waals surface area contributed by atoms with Crippen molar-refractivity contribution in [3.8, 4) is 0 Å². The fourth-order valence-electron chi connectivity index (χ4n) is 1.85. The second-order valence-corrected chi connectivity index (χ2v) is 5.00. The van der Waals surface area contributed by atoms with Crippen LogP contribution in [-0.4, -0.2) is 19.6 Å². The highest BCUT2D eigenvalue weighted by atomic mass is 15.3. The van der Waals surface area contributed by atoms with E-state index in [1.165, 1.54) is 0 Å². The van der Waals surface area contributed by atoms with Crippen LogP contribution >= 0.6 is 0 Å². The third-order valence-corrected chi connectivity index (χ3v) is 2.91. The third kappa shape index (κ3) is 2.04. The van der Waals surface area contributed by atoms with Gasteiger partial charge in [-0.15, -0.1) is 0 Å². The Labute approximate surface area is 102 Å². The molecular formula is C13H20N4. The highest BCUT2D eigenvalue weighted by Crippen LogP contribution is 2.19. The van der Waals surface area contributed by atoms with Crippen LogP contribution in [0.1, 0.15) is 63.7 Å². The van der Waals surface area contributed by atoms with Gasteiger partial charge in [-0.3, -0.25) is 0 Å². The monoisotopic (exact) mass is 232 g/mol. The smallest absolute Gasteiger partial charge is 0.177 e. The predicted molar refractivity (Wildman–Crippen MR) is 68.3 cm³/mol. The second-order valence-electron chi connectivity index (χ2n) is 5.00. The molecule has 0 saturated heterocycles. The van der Waals surface area contributed by atoms with E-state index < -0.39 is 0 Å². The maximum Gasteiger partial charge on any atom is 0.177 e. The van der Waals surface area contributed by atoms with Crippen LogP contribution in [0, 0.1) is 0 Å². The Balaban J connectivity index is 2.68. The Morgan fingerprint density at radius 3 is 2.35 bits per heavy atom. The molecule has 0 aliphatic rings. The molecule has 0 radical (unpaired) electrons. The van der Waals surface area contributed by atoms with E-state index in [0.29, 0.717) is 11.8 Å². The molecule has 17 heavy (non-hydrogen) atoms. The molecule has 0 amide bonds. The van der Waals surface area contributed by atoms with E-state index in [9.17, 15) is 0 Å². The summed E-state index contributed by atoms with van der Waals surface area (Å²) in [6.07, 6.45) is 2.75. The van der Waals surface area contributed by atoms with Crippen LogP contribution in [0.25, 0.3) is 5.65 Å². The van der Waals surface area contributed by atoms with Gasteiger partial charge in [0.25, 0.3) is 0 Å². The van der Waals surface area contributed by atoms with Crippen molar-refractivity contribution in [3.63, 3.8) is 0 Å². The van der Waals surface area contributed by atoms with Gasteiger partial charge in [0.05, 0.1) is 17.6 Å². The molecule has 2 heterocycles. The number of nitrogens with zero attached hydrogens (tertiary/aromatic N) is 4. The van der Waals surface area contributed by atoms with Crippen molar-refractivity contribution in [2.24, 2.45) is 0 Å². The van der Waals surface area contributed by atoms with Crippen LogP contribution in [0.4, 0.5) is 0 Å². The Morgan fingerprint density at radius 2 is 1.82 bits per heavy atom. The zero-order valence-electron chi connectivity index (χ0n) is 11.2. The van der Waals surface area contributed by atoms with E-state index in [0.717, 1.165) is 29.3 Å². The van der Waals surface area contributed by atoms with Crippen molar-refractivity contribution in [2.75, 3.05) is 0 Å². The largest absolute Gasteiger partial charge is 0.234 e. The first-order valence-corrected chi connectivity index (χ1v) is 6.29. The molecule has 0 aliphatic carbocycles. The van der Waals surface area contributed by atoms with E-state index >= 15 is 0 Å². The van der Waals surface area contributed by atoms with Crippen molar-refractivity contribution >= 4 is 5.65 Å². The standard InChI is InChI=1S/C13H20N4/c1-6-10-13-16-11(8(2)3)7-14-17(13)12(15-10)9(4)5/h7-9H,6H2,1-5H3. The fourth-order valence-corrected chi connectivity index (χ4v) is 1.85. The predicted octanol–water partition coefficient (Wildman–Crippen LogP) is 2.93. The summed E-state index contributed by atoms with van der Waals surface area (Å²) in [6, 6.07) is 0. The van der Waals surface area contributed by atoms with Gasteiger partial charge >= 0.3 is 0 Å². The molecule has 4 heteroatoms. The lowest BCUT2D eigenvalue weighted by Crippen LogP contribution is -2.04. The van der Waals surface area contributed by atoms with Crippen LogP contribution in [0.3, 0.4) is 0 Å². The summed E-state index contributed by atoms with van der Waals surface area (Å²) in [4.78, 5) is 9.33. The van der Waals surface area contributed by atoms with Crippen molar-refractivity contribution in [1.82, 2.24) is 19.6 Å². The third-order valence-electron chi connectivity index (χ3n) is 2.91. The summed E-state index contributed by atoms with van der Waals surface area (Å²) in [5, 5.41) is 4.48. The molecule has 4 nitrogen and oxygen atoms in total. The maximum atomic E-state index is 4.69. The van der Waals surface area contributed by atoms with Crippen molar-refractivity contribution in [3.05, 3.63) is 23.4 Å². The van der Waals surface area contributed by atoms with Gasteiger partial charge in [-0.05, 0) is 12.3 Å². The fraction of sp³-hybridized carbons (Fsp3) is 0.615. The van der Waals surface area contributed by atoms with Crippen molar-refractivity contribution in [1.29, 1.82) is 0 Å². The summed E-state index contributed by atoms with van der Waals surface area (Å²) in [5.41, 5.74) is 2.99. The first kappa shape index (κ1) is 12.0. The van der Waals surface area contributed by atoms with Crippen LogP contribution in [0.15, 0.2) is 6.20 Å². The van der Waals surface area contributed by atoms with Gasteiger partial charge in [-0.1, -0.05) is 34.6 Å². The molecular weight excluding hydrogens is 212 g/mol. The van der Waals surface area contributed by atoms with Gasteiger partial charge in [0.1, 0.15) is 5.82 Å². The normalized spacial score (nSPS) is 11.9. The van der Waals surface area contributed by atoms with E-state index in [1.807, 2.05) is 10.7 Å². The lowest BCUT2D eigenvalue weighted by atomic mass is 10.1. The van der Waals surface area contributed by atoms with Gasteiger partial charge in [0.2, 0.25) is 0 Å². The molecule has 0 atom stereocenters. The van der Waals surface area contributed by atoms with Crippen LogP contribution in [0.5, 0.6) is 0 Å². The molecule has 0 saturated carbocycles. The first-order chi connectivity index (χ1) is 8.04. The molecule has 92 valence electrons. The summed E-state index contributed by atoms with van der Waals surface area (Å²) < 4.78 is 1.88. The zero-order valence-corrected chi connectivity index (χ0v) is 11.2. The molecule has 0 unspecified atom stereocenters. The van der Waals surface area contributed by atoms with Gasteiger partial charge in [0, 0.05) is 5.92 Å². The van der Waals surface area contributed by atoms with Gasteiger partial charge in [-0.2, -0.15) is 9.61 Å². The Kier molecular flexibility index (Phi) is 3.13. The van der Waals surface area contributed by atoms with Gasteiger partial charge in [-0.25, -0.2) is 9.97 Å². The summed E-state index contributed by atoms with van der Waals surface area (Å²) in [5.74, 6) is 1.76. The van der Waals surface area contributed by atoms with Crippen molar-refractivity contribution < 1.29 is 0 Å². The number of hydrogen-bond donors (Lipinski definition) is 0. The molecule has 0 bridgehead atoms. The number of fused-ring (bicyclic) bond motifs is 1. The number of rotatable bonds is 3. The molecule has 2 rings (SSSR count). The lowest BCUT2D eigenvalue weighted by Gasteiger charge is -2.06. The van der Waals surface area contributed by atoms with E-state index in [1.54, 1.807) is 0 Å². The Morgan fingerprint density at radius 1 is 1.12 bits per heavy atom. The quantitative estimate of drug-likeness (QED) is 0.817. The SMILES string of the molecule is CCc1nc(C(C)C)n2ncc(C(C)C)nc12. The average Bonchev–Trinajstić information content (AvgIpc) is 2.66. The minimum absolute atomic E-state index is 0.363. The molecule has 2 aromatic heterocycles. The van der Waals surface area contributed by atoms with E-state index in [4.69, 9.17) is 0 Å². The summed E-state index contributed by atoms with van der Waals surface area (Å²) in [7, 11) is 0. The van der Waals surface area contributed by atoms with Crippen molar-refractivity contribution in [2.45, 2.75) is 52.9 Å². The number of aromatic nitrogens is 4. The van der Waals surface area contributed by atoms with Crippen LogP contribution in [0.2, 0.25) is 0 Å². The summed E-state index contributed by atoms with van der Waals surface area (Å²) >= 11 is 0. The second kappa shape index (κ2) is 4.43. The van der Waals surface area contributed by atoms with Crippen LogP contribution in [-0.2, 0) is 6.42 Å². The molecule has 0 fully saturated rings. The van der Waals surface area contributed by atoms with E-state index in [-0.39, 0.29) is 0 Å². The molecule has 0 N–H and O–H groups in total. The van der Waals surface area contributed by atoms with Gasteiger partial charge < -0.3 is 0 Å². The Hall–Kier alpha value is -1.45. The first-order valence-electron chi connectivity index (χ1n) is 6.29. The highest BCUT2D eigenvalue weighted by molar-refractivity contribution is 5.45. The Bertz CT molecular complexity index is 525. The molecule has 2 aromatic rings. The minimum atomic E-state index is 0.363.